The van der Waals surface area contributed by atoms with Gasteiger partial charge >= 0.3 is 0 Å². The first-order valence-electron chi connectivity index (χ1n) is 8.29. The van der Waals surface area contributed by atoms with Gasteiger partial charge in [-0.15, -0.1) is 5.10 Å². The Morgan fingerprint density at radius 1 is 1.38 bits per heavy atom. The standard InChI is InChI=1S/C17H22N4O2S/c1-3-7-15(22)21-11-6-9-13(21)16(23)18-19-17-20(2)12-8-4-5-10-14(12)24-17/h4-5,8,10,13H,3,6-7,9,11H2,1-2H3,(H,18,23)/b19-17+. The number of para-hydroxylation sites is 1. The first-order valence-corrected chi connectivity index (χ1v) is 9.11. The van der Waals surface area contributed by atoms with E-state index in [0.29, 0.717) is 19.4 Å². The van der Waals surface area contributed by atoms with E-state index in [-0.39, 0.29) is 11.8 Å². The summed E-state index contributed by atoms with van der Waals surface area (Å²) < 4.78 is 3.07. The number of nitrogens with zero attached hydrogens (tertiary/aromatic N) is 3. The van der Waals surface area contributed by atoms with E-state index in [1.54, 1.807) is 4.90 Å². The van der Waals surface area contributed by atoms with Crippen molar-refractivity contribution in [3.8, 4) is 0 Å². The van der Waals surface area contributed by atoms with Crippen LogP contribution in [0.15, 0.2) is 29.4 Å². The van der Waals surface area contributed by atoms with Crippen molar-refractivity contribution in [3.05, 3.63) is 29.1 Å². The van der Waals surface area contributed by atoms with Gasteiger partial charge in [-0.3, -0.25) is 9.59 Å². The molecule has 24 heavy (non-hydrogen) atoms. The van der Waals surface area contributed by atoms with Gasteiger partial charge in [0, 0.05) is 20.0 Å². The van der Waals surface area contributed by atoms with Gasteiger partial charge in [-0.2, -0.15) is 0 Å². The summed E-state index contributed by atoms with van der Waals surface area (Å²) in [6, 6.07) is 7.62. The summed E-state index contributed by atoms with van der Waals surface area (Å²) in [6.07, 6.45) is 2.86. The van der Waals surface area contributed by atoms with E-state index in [2.05, 4.69) is 10.5 Å². The highest BCUT2D eigenvalue weighted by Gasteiger charge is 2.33. The number of hydrogen-bond acceptors (Lipinski definition) is 4. The van der Waals surface area contributed by atoms with E-state index in [0.717, 1.165) is 27.9 Å². The molecule has 0 saturated carbocycles. The Kier molecular flexibility index (Phi) is 4.99. The highest BCUT2D eigenvalue weighted by Crippen LogP contribution is 2.19. The second-order valence-corrected chi connectivity index (χ2v) is 7.00. The Morgan fingerprint density at radius 3 is 2.92 bits per heavy atom. The lowest BCUT2D eigenvalue weighted by atomic mass is 10.2. The van der Waals surface area contributed by atoms with E-state index >= 15 is 0 Å². The summed E-state index contributed by atoms with van der Waals surface area (Å²) in [4.78, 5) is 27.0. The van der Waals surface area contributed by atoms with E-state index < -0.39 is 6.04 Å². The number of aryl methyl sites for hydroxylation is 1. The average Bonchev–Trinajstić information content (AvgIpc) is 3.19. The van der Waals surface area contributed by atoms with Crippen LogP contribution in [-0.2, 0) is 16.6 Å². The number of benzene rings is 1. The lowest BCUT2D eigenvalue weighted by Gasteiger charge is -2.22. The van der Waals surface area contributed by atoms with Crippen molar-refractivity contribution in [1.29, 1.82) is 0 Å². The van der Waals surface area contributed by atoms with Crippen LogP contribution in [0.5, 0.6) is 0 Å². The molecule has 1 fully saturated rings. The number of rotatable bonds is 4. The van der Waals surface area contributed by atoms with Gasteiger partial charge in [-0.25, -0.2) is 5.43 Å². The number of aromatic nitrogens is 1. The van der Waals surface area contributed by atoms with E-state index in [1.165, 1.54) is 11.3 Å². The van der Waals surface area contributed by atoms with Gasteiger partial charge in [0.25, 0.3) is 5.91 Å². The molecule has 0 bridgehead atoms. The second kappa shape index (κ2) is 7.17. The van der Waals surface area contributed by atoms with Crippen molar-refractivity contribution >= 4 is 33.4 Å². The van der Waals surface area contributed by atoms with E-state index in [4.69, 9.17) is 0 Å². The van der Waals surface area contributed by atoms with Gasteiger partial charge in [0.2, 0.25) is 10.7 Å². The molecule has 0 spiro atoms. The van der Waals surface area contributed by atoms with Gasteiger partial charge < -0.3 is 9.47 Å². The zero-order chi connectivity index (χ0) is 17.1. The molecular formula is C17H22N4O2S. The Bertz CT molecular complexity index is 823. The molecule has 1 saturated heterocycles. The molecule has 128 valence electrons. The van der Waals surface area contributed by atoms with Crippen molar-refractivity contribution in [2.45, 2.75) is 38.6 Å². The molecule has 2 heterocycles. The van der Waals surface area contributed by atoms with Crippen LogP contribution in [0.4, 0.5) is 0 Å². The molecule has 1 atom stereocenters. The van der Waals surface area contributed by atoms with Gasteiger partial charge in [0.1, 0.15) is 6.04 Å². The topological polar surface area (TPSA) is 66.7 Å². The Morgan fingerprint density at radius 2 is 2.17 bits per heavy atom. The SMILES string of the molecule is CCCC(=O)N1CCCC1C(=O)N/N=c1/sc2ccccc2n1C. The average molecular weight is 346 g/mol. The van der Waals surface area contributed by atoms with E-state index in [1.807, 2.05) is 42.8 Å². The van der Waals surface area contributed by atoms with Crippen LogP contribution in [0.2, 0.25) is 0 Å². The molecule has 2 amide bonds. The molecule has 2 aromatic rings. The van der Waals surface area contributed by atoms with Crippen molar-refractivity contribution in [3.63, 3.8) is 0 Å². The number of likely N-dealkylation sites (tertiary alicyclic amines) is 1. The van der Waals surface area contributed by atoms with Gasteiger partial charge in [0.15, 0.2) is 0 Å². The number of thiazole rings is 1. The number of carbonyl (C=O) groups is 2. The van der Waals surface area contributed by atoms with Crippen LogP contribution >= 0.6 is 11.3 Å². The maximum atomic E-state index is 12.5. The third kappa shape index (κ3) is 3.21. The van der Waals surface area contributed by atoms with Crippen LogP contribution in [-0.4, -0.2) is 33.9 Å². The van der Waals surface area contributed by atoms with Crippen LogP contribution in [0.3, 0.4) is 0 Å². The zero-order valence-corrected chi connectivity index (χ0v) is 14.8. The van der Waals surface area contributed by atoms with Crippen molar-refractivity contribution in [1.82, 2.24) is 14.9 Å². The van der Waals surface area contributed by atoms with Gasteiger partial charge in [0.05, 0.1) is 10.2 Å². The monoisotopic (exact) mass is 346 g/mol. The minimum atomic E-state index is -0.396. The minimum absolute atomic E-state index is 0.0579. The predicted molar refractivity (Wildman–Crippen MR) is 94.1 cm³/mol. The van der Waals surface area contributed by atoms with E-state index in [9.17, 15) is 9.59 Å². The fourth-order valence-corrected chi connectivity index (χ4v) is 4.04. The summed E-state index contributed by atoms with van der Waals surface area (Å²) in [5, 5.41) is 4.27. The van der Waals surface area contributed by atoms with Gasteiger partial charge in [-0.05, 0) is 31.4 Å². The van der Waals surface area contributed by atoms with Crippen LogP contribution in [0, 0.1) is 0 Å². The first kappa shape index (κ1) is 16.7. The fourth-order valence-electron chi connectivity index (χ4n) is 3.06. The molecule has 7 heteroatoms. The Hall–Kier alpha value is -2.15. The number of fused-ring (bicyclic) bond motifs is 1. The van der Waals surface area contributed by atoms with Crippen molar-refractivity contribution < 1.29 is 9.59 Å². The molecule has 1 aliphatic heterocycles. The largest absolute Gasteiger partial charge is 0.331 e. The summed E-state index contributed by atoms with van der Waals surface area (Å²) in [7, 11) is 1.93. The third-order valence-electron chi connectivity index (χ3n) is 4.32. The lowest BCUT2D eigenvalue weighted by Crippen LogP contribution is -2.45. The molecule has 1 unspecified atom stereocenters. The van der Waals surface area contributed by atoms with Crippen LogP contribution in [0.25, 0.3) is 10.2 Å². The number of amides is 2. The lowest BCUT2D eigenvalue weighted by molar-refractivity contribution is -0.138. The molecule has 3 rings (SSSR count). The summed E-state index contributed by atoms with van der Waals surface area (Å²) in [6.45, 7) is 2.63. The second-order valence-electron chi connectivity index (χ2n) is 5.99. The number of nitrogens with one attached hydrogen (secondary N) is 1. The molecule has 1 aromatic heterocycles. The molecule has 1 aromatic carbocycles. The molecule has 1 N–H and O–H groups in total. The maximum Gasteiger partial charge on any atom is 0.262 e. The normalized spacial score (nSPS) is 18.3. The molecular weight excluding hydrogens is 324 g/mol. The van der Waals surface area contributed by atoms with Crippen LogP contribution < -0.4 is 10.2 Å². The van der Waals surface area contributed by atoms with Crippen molar-refractivity contribution in [2.24, 2.45) is 12.1 Å². The van der Waals surface area contributed by atoms with Crippen LogP contribution in [0.1, 0.15) is 32.6 Å². The number of hydrogen-bond donors (Lipinski definition) is 1. The van der Waals surface area contributed by atoms with Crippen molar-refractivity contribution in [2.75, 3.05) is 6.54 Å². The fraction of sp³-hybridized carbons (Fsp3) is 0.471. The summed E-state index contributed by atoms with van der Waals surface area (Å²) in [5.41, 5.74) is 3.73. The first-order chi connectivity index (χ1) is 11.6. The summed E-state index contributed by atoms with van der Waals surface area (Å²) in [5.74, 6) is -0.142. The van der Waals surface area contributed by atoms with Gasteiger partial charge in [-0.1, -0.05) is 30.4 Å². The minimum Gasteiger partial charge on any atom is -0.331 e. The maximum absolute atomic E-state index is 12.5. The Balaban J connectivity index is 1.76. The quantitative estimate of drug-likeness (QED) is 0.860. The highest BCUT2D eigenvalue weighted by molar-refractivity contribution is 7.16. The Labute approximate surface area is 144 Å². The molecule has 0 radical (unpaired) electrons. The zero-order valence-electron chi connectivity index (χ0n) is 14.0. The smallest absolute Gasteiger partial charge is 0.262 e. The molecule has 0 aliphatic carbocycles. The number of carbonyl (C=O) groups excluding carboxylic acids is 2. The third-order valence-corrected chi connectivity index (χ3v) is 5.43. The molecule has 6 nitrogen and oxygen atoms in total. The highest BCUT2D eigenvalue weighted by atomic mass is 32.1. The predicted octanol–water partition coefficient (Wildman–Crippen LogP) is 1.96. The summed E-state index contributed by atoms with van der Waals surface area (Å²) >= 11 is 1.52. The molecule has 1 aliphatic rings.